The van der Waals surface area contributed by atoms with Gasteiger partial charge in [0.1, 0.15) is 11.6 Å². The smallest absolute Gasteiger partial charge is 0.254 e. The van der Waals surface area contributed by atoms with Gasteiger partial charge in [-0.3, -0.25) is 9.59 Å². The van der Waals surface area contributed by atoms with E-state index in [0.717, 1.165) is 5.39 Å². The predicted molar refractivity (Wildman–Crippen MR) is 143 cm³/mol. The average Bonchev–Trinajstić information content (AvgIpc) is 3.57. The third-order valence-corrected chi connectivity index (χ3v) is 6.59. The Balaban J connectivity index is 1.23. The van der Waals surface area contributed by atoms with Gasteiger partial charge in [0.05, 0.1) is 36.4 Å². The number of morpholine rings is 1. The molecule has 39 heavy (non-hydrogen) atoms. The van der Waals surface area contributed by atoms with E-state index in [1.807, 2.05) is 6.07 Å². The standard InChI is InChI=1S/C29H24FN5O4/c30-23-16-20(7-9-26(23)39-21-4-2-1-3-5-21)35-28(31)22(17-32-35)27(36)25-15-19-14-18(6-8-24(19)33-25)29(37)34-10-12-38-13-11-34/h1-9,14-17,33H,10-13,31H2. The van der Waals surface area contributed by atoms with Crippen molar-refractivity contribution < 1.29 is 23.5 Å². The number of aromatic nitrogens is 3. The first-order valence-electron chi connectivity index (χ1n) is 12.4. The van der Waals surface area contributed by atoms with Crippen LogP contribution in [0.4, 0.5) is 10.2 Å². The first-order chi connectivity index (χ1) is 19.0. The van der Waals surface area contributed by atoms with Crippen molar-refractivity contribution in [2.45, 2.75) is 0 Å². The van der Waals surface area contributed by atoms with Crippen molar-refractivity contribution in [3.8, 4) is 17.2 Å². The van der Waals surface area contributed by atoms with Crippen LogP contribution in [0.5, 0.6) is 11.5 Å². The zero-order valence-corrected chi connectivity index (χ0v) is 20.8. The monoisotopic (exact) mass is 525 g/mol. The Morgan fingerprint density at radius 1 is 1.00 bits per heavy atom. The molecule has 0 bridgehead atoms. The number of anilines is 1. The number of H-pyrrole nitrogens is 1. The summed E-state index contributed by atoms with van der Waals surface area (Å²) in [5.74, 6) is -0.425. The number of ketones is 1. The van der Waals surface area contributed by atoms with Gasteiger partial charge < -0.3 is 25.1 Å². The van der Waals surface area contributed by atoms with Crippen molar-refractivity contribution in [3.63, 3.8) is 0 Å². The van der Waals surface area contributed by atoms with Gasteiger partial charge in [0.15, 0.2) is 11.6 Å². The van der Waals surface area contributed by atoms with Gasteiger partial charge in [0.2, 0.25) is 5.78 Å². The largest absolute Gasteiger partial charge is 0.454 e. The molecule has 1 aliphatic heterocycles. The fraction of sp³-hybridized carbons (Fsp3) is 0.138. The summed E-state index contributed by atoms with van der Waals surface area (Å²) in [5, 5.41) is 4.94. The first-order valence-corrected chi connectivity index (χ1v) is 12.4. The molecule has 3 aromatic carbocycles. The van der Waals surface area contributed by atoms with Crippen LogP contribution in [0, 0.1) is 5.82 Å². The number of nitrogens with two attached hydrogens (primary N) is 1. The maximum atomic E-state index is 14.8. The summed E-state index contributed by atoms with van der Waals surface area (Å²) in [6.07, 6.45) is 1.35. The Bertz CT molecular complexity index is 1690. The molecule has 0 atom stereocenters. The minimum Gasteiger partial charge on any atom is -0.454 e. The summed E-state index contributed by atoms with van der Waals surface area (Å²) in [6, 6.07) is 20.2. The molecule has 6 rings (SSSR count). The zero-order valence-electron chi connectivity index (χ0n) is 20.8. The molecule has 196 valence electrons. The number of nitrogens with zero attached hydrogens (tertiary/aromatic N) is 3. The summed E-state index contributed by atoms with van der Waals surface area (Å²) >= 11 is 0. The van der Waals surface area contributed by atoms with E-state index in [1.54, 1.807) is 59.5 Å². The summed E-state index contributed by atoms with van der Waals surface area (Å²) in [5.41, 5.74) is 8.32. The minimum atomic E-state index is -0.600. The molecule has 0 aliphatic carbocycles. The number of nitrogens with one attached hydrogen (secondary N) is 1. The number of benzene rings is 3. The molecule has 1 aliphatic rings. The van der Waals surface area contributed by atoms with Crippen LogP contribution >= 0.6 is 0 Å². The topological polar surface area (TPSA) is 115 Å². The van der Waals surface area contributed by atoms with Crippen LogP contribution in [0.1, 0.15) is 26.4 Å². The number of hydrogen-bond donors (Lipinski definition) is 2. The van der Waals surface area contributed by atoms with Gasteiger partial charge in [0, 0.05) is 35.6 Å². The number of carbonyl (C=O) groups is 2. The van der Waals surface area contributed by atoms with Gasteiger partial charge in [-0.1, -0.05) is 18.2 Å². The molecule has 1 amide bonds. The molecule has 9 nitrogen and oxygen atoms in total. The molecule has 0 radical (unpaired) electrons. The Morgan fingerprint density at radius 3 is 2.56 bits per heavy atom. The third-order valence-electron chi connectivity index (χ3n) is 6.59. The molecular weight excluding hydrogens is 501 g/mol. The molecule has 3 heterocycles. The fourth-order valence-electron chi connectivity index (χ4n) is 4.54. The lowest BCUT2D eigenvalue weighted by molar-refractivity contribution is 0.0303. The lowest BCUT2D eigenvalue weighted by Gasteiger charge is -2.26. The van der Waals surface area contributed by atoms with E-state index in [-0.39, 0.29) is 28.8 Å². The number of halogens is 1. The van der Waals surface area contributed by atoms with Gasteiger partial charge in [-0.15, -0.1) is 0 Å². The fourth-order valence-corrected chi connectivity index (χ4v) is 4.54. The Morgan fingerprint density at radius 2 is 1.79 bits per heavy atom. The second kappa shape index (κ2) is 10.1. The lowest BCUT2D eigenvalue weighted by atomic mass is 10.1. The Hall–Kier alpha value is -4.96. The normalized spacial score (nSPS) is 13.5. The van der Waals surface area contributed by atoms with E-state index in [2.05, 4.69) is 10.1 Å². The number of amides is 1. The van der Waals surface area contributed by atoms with E-state index in [0.29, 0.717) is 54.5 Å². The van der Waals surface area contributed by atoms with Crippen molar-refractivity contribution in [2.75, 3.05) is 32.0 Å². The highest BCUT2D eigenvalue weighted by molar-refractivity contribution is 6.13. The van der Waals surface area contributed by atoms with Crippen LogP contribution in [-0.2, 0) is 4.74 Å². The quantitative estimate of drug-likeness (QED) is 0.314. The Labute approximate surface area is 222 Å². The van der Waals surface area contributed by atoms with Gasteiger partial charge >= 0.3 is 0 Å². The number of carbonyl (C=O) groups excluding carboxylic acids is 2. The van der Waals surface area contributed by atoms with Crippen molar-refractivity contribution in [3.05, 3.63) is 102 Å². The molecule has 5 aromatic rings. The van der Waals surface area contributed by atoms with Crippen molar-refractivity contribution in [2.24, 2.45) is 0 Å². The first kappa shape index (κ1) is 24.4. The second-order valence-corrected chi connectivity index (χ2v) is 9.10. The second-order valence-electron chi connectivity index (χ2n) is 9.10. The van der Waals surface area contributed by atoms with E-state index in [9.17, 15) is 14.0 Å². The van der Waals surface area contributed by atoms with Crippen LogP contribution in [0.15, 0.2) is 79.0 Å². The lowest BCUT2D eigenvalue weighted by Crippen LogP contribution is -2.40. The SMILES string of the molecule is Nc1c(C(=O)c2cc3cc(C(=O)N4CCOCC4)ccc3[nH]2)cnn1-c1ccc(Oc2ccccc2)c(F)c1. The van der Waals surface area contributed by atoms with Crippen molar-refractivity contribution >= 4 is 28.4 Å². The molecule has 10 heteroatoms. The summed E-state index contributed by atoms with van der Waals surface area (Å²) in [4.78, 5) is 31.0. The predicted octanol–water partition coefficient (Wildman–Crippen LogP) is 4.57. The molecule has 0 unspecified atom stereocenters. The summed E-state index contributed by atoms with van der Waals surface area (Å²) in [6.45, 7) is 2.13. The van der Waals surface area contributed by atoms with Crippen molar-refractivity contribution in [1.29, 1.82) is 0 Å². The number of rotatable bonds is 6. The van der Waals surface area contributed by atoms with Crippen molar-refractivity contribution in [1.82, 2.24) is 19.7 Å². The molecule has 3 N–H and O–H groups in total. The van der Waals surface area contributed by atoms with Gasteiger partial charge in [0.25, 0.3) is 5.91 Å². The van der Waals surface area contributed by atoms with E-state index in [4.69, 9.17) is 15.2 Å². The van der Waals surface area contributed by atoms with E-state index < -0.39 is 5.82 Å². The third kappa shape index (κ3) is 4.73. The van der Waals surface area contributed by atoms with Gasteiger partial charge in [-0.2, -0.15) is 5.10 Å². The molecule has 0 spiro atoms. The Kier molecular flexibility index (Phi) is 6.29. The zero-order chi connectivity index (χ0) is 26.9. The number of nitrogen functional groups attached to an aromatic ring is 1. The van der Waals surface area contributed by atoms with Crippen LogP contribution in [-0.4, -0.2) is 57.7 Å². The maximum absolute atomic E-state index is 14.8. The maximum Gasteiger partial charge on any atom is 0.254 e. The van der Waals surface area contributed by atoms with Gasteiger partial charge in [-0.25, -0.2) is 9.07 Å². The van der Waals surface area contributed by atoms with Crippen LogP contribution < -0.4 is 10.5 Å². The number of aromatic amines is 1. The summed E-state index contributed by atoms with van der Waals surface area (Å²) < 4.78 is 27.0. The number of para-hydroxylation sites is 1. The summed E-state index contributed by atoms with van der Waals surface area (Å²) in [7, 11) is 0. The minimum absolute atomic E-state index is 0.0523. The number of hydrogen-bond acceptors (Lipinski definition) is 6. The van der Waals surface area contributed by atoms with E-state index in [1.165, 1.54) is 23.0 Å². The number of fused-ring (bicyclic) bond motifs is 1. The molecule has 0 saturated carbocycles. The molecule has 1 saturated heterocycles. The van der Waals surface area contributed by atoms with Crippen LogP contribution in [0.3, 0.4) is 0 Å². The molecule has 2 aromatic heterocycles. The number of ether oxygens (including phenoxy) is 2. The average molecular weight is 526 g/mol. The molecular formula is C29H24FN5O4. The van der Waals surface area contributed by atoms with Crippen LogP contribution in [0.2, 0.25) is 0 Å². The van der Waals surface area contributed by atoms with Crippen LogP contribution in [0.25, 0.3) is 16.6 Å². The molecule has 1 fully saturated rings. The van der Waals surface area contributed by atoms with Gasteiger partial charge in [-0.05, 0) is 48.5 Å². The highest BCUT2D eigenvalue weighted by Gasteiger charge is 2.22. The highest BCUT2D eigenvalue weighted by atomic mass is 19.1. The van der Waals surface area contributed by atoms with E-state index >= 15 is 0 Å². The highest BCUT2D eigenvalue weighted by Crippen LogP contribution is 2.28.